The smallest absolute Gasteiger partial charge is 0.246 e. The molecule has 2 aliphatic heterocycles. The number of nitrogens with one attached hydrogen (secondary N) is 2. The second-order valence-corrected chi connectivity index (χ2v) is 21.3. The molecule has 2 fully saturated rings. The van der Waals surface area contributed by atoms with Crippen LogP contribution in [0.5, 0.6) is 0 Å². The van der Waals surface area contributed by atoms with Crippen LogP contribution in [0, 0.1) is 34.5 Å². The molecule has 0 spiro atoms. The number of rotatable bonds is 24. The molecule has 6 N–H and O–H groups in total. The van der Waals surface area contributed by atoms with Gasteiger partial charge in [0.25, 0.3) is 0 Å². The Labute approximate surface area is 430 Å². The molecule has 2 aliphatic rings. The zero-order valence-corrected chi connectivity index (χ0v) is 43.7. The normalized spacial score (nSPS) is 17.5. The zero-order chi connectivity index (χ0) is 51.7. The van der Waals surface area contributed by atoms with Crippen molar-refractivity contribution >= 4 is 47.2 Å². The van der Waals surface area contributed by atoms with E-state index in [4.69, 9.17) is 20.9 Å². The van der Waals surface area contributed by atoms with Gasteiger partial charge in [-0.3, -0.25) is 19.2 Å². The summed E-state index contributed by atoms with van der Waals surface area (Å²) in [4.78, 5) is 61.0. The molecule has 0 aliphatic carbocycles. The Morgan fingerprint density at radius 3 is 1.43 bits per heavy atom. The molecule has 4 heterocycles. The topological polar surface area (TPSA) is 257 Å². The summed E-state index contributed by atoms with van der Waals surface area (Å²) in [5.74, 6) is 10.1. The molecule has 2 unspecified atom stereocenters. The minimum atomic E-state index is -0.942. The van der Waals surface area contributed by atoms with Crippen LogP contribution in [0.25, 0.3) is 0 Å². The van der Waals surface area contributed by atoms with E-state index >= 15 is 0 Å². The van der Waals surface area contributed by atoms with E-state index in [0.29, 0.717) is 49.3 Å². The van der Waals surface area contributed by atoms with Crippen molar-refractivity contribution in [3.63, 3.8) is 0 Å². The van der Waals surface area contributed by atoms with Crippen LogP contribution in [0.4, 0.5) is 0 Å². The first kappa shape index (κ1) is 55.4. The van der Waals surface area contributed by atoms with Gasteiger partial charge >= 0.3 is 0 Å². The van der Waals surface area contributed by atoms with Crippen LogP contribution >= 0.6 is 23.5 Å². The van der Waals surface area contributed by atoms with Gasteiger partial charge in [0, 0.05) is 33.7 Å². The van der Waals surface area contributed by atoms with E-state index in [-0.39, 0.29) is 50.3 Å². The fourth-order valence-electron chi connectivity index (χ4n) is 8.43. The highest BCUT2D eigenvalue weighted by molar-refractivity contribution is 7.99. The minimum Gasteiger partial charge on any atom is -0.368 e. The van der Waals surface area contributed by atoms with Crippen LogP contribution in [0.2, 0.25) is 0 Å². The highest BCUT2D eigenvalue weighted by Gasteiger charge is 2.44. The first-order valence-corrected chi connectivity index (χ1v) is 26.1. The van der Waals surface area contributed by atoms with Crippen LogP contribution in [-0.2, 0) is 41.7 Å². The molecule has 0 saturated carbocycles. The first-order chi connectivity index (χ1) is 34.6. The molecule has 0 radical (unpaired) electrons. The number of hydrogen-bond donors (Lipinski definition) is 4. The van der Waals surface area contributed by atoms with Crippen molar-refractivity contribution in [3.8, 4) is 23.7 Å². The average molecular weight is 1030 g/mol. The SMILES string of the molecule is CCC(N)C(=O)N[C@H](C(=O)N1CCC[C@H]1Cn1nnnc1Sc1ccccc1)C(C)(C)COCC#CC#CCOCC(C)(C)[C@H](NC(=O)C(N)CC)C(=O)N1CCC[C@H]1Cn1nnnc1Sc1ccccc1. The lowest BCUT2D eigenvalue weighted by atomic mass is 9.83. The molecule has 4 aromatic rings. The Morgan fingerprint density at radius 2 is 1.06 bits per heavy atom. The van der Waals surface area contributed by atoms with Gasteiger partial charge in [-0.1, -0.05) is 89.8 Å². The van der Waals surface area contributed by atoms with Crippen molar-refractivity contribution in [2.45, 2.75) is 150 Å². The number of benzene rings is 2. The Balaban J connectivity index is 1.02. The van der Waals surface area contributed by atoms with Crippen LogP contribution in [0.1, 0.15) is 80.1 Å². The number of nitrogens with zero attached hydrogens (tertiary/aromatic N) is 10. The van der Waals surface area contributed by atoms with E-state index in [0.717, 1.165) is 35.5 Å². The lowest BCUT2D eigenvalue weighted by Gasteiger charge is -2.38. The second kappa shape index (κ2) is 26.7. The number of aromatic nitrogens is 8. The van der Waals surface area contributed by atoms with Crippen LogP contribution in [0.15, 0.2) is 80.8 Å². The quantitative estimate of drug-likeness (QED) is 0.0581. The van der Waals surface area contributed by atoms with Crippen molar-refractivity contribution in [2.24, 2.45) is 22.3 Å². The van der Waals surface area contributed by atoms with Gasteiger partial charge in [0.1, 0.15) is 25.3 Å². The summed E-state index contributed by atoms with van der Waals surface area (Å²) in [6, 6.07) is 15.8. The molecular weight excluding hydrogens is 957 g/mol. The van der Waals surface area contributed by atoms with Crippen molar-refractivity contribution in [3.05, 3.63) is 60.7 Å². The summed E-state index contributed by atoms with van der Waals surface area (Å²) in [6.45, 7) is 13.1. The van der Waals surface area contributed by atoms with Crippen LogP contribution < -0.4 is 22.1 Å². The van der Waals surface area contributed by atoms with E-state index in [9.17, 15) is 19.2 Å². The molecular formula is C50H68N14O6S2. The van der Waals surface area contributed by atoms with Gasteiger partial charge in [-0.05, 0) is 119 Å². The Morgan fingerprint density at radius 1 is 0.667 bits per heavy atom. The van der Waals surface area contributed by atoms with E-state index in [1.807, 2.05) is 112 Å². The second-order valence-electron chi connectivity index (χ2n) is 19.3. The molecule has 386 valence electrons. The van der Waals surface area contributed by atoms with E-state index in [1.165, 1.54) is 23.5 Å². The van der Waals surface area contributed by atoms with Gasteiger partial charge in [-0.2, -0.15) is 0 Å². The fourth-order valence-corrected chi connectivity index (χ4v) is 10.0. The predicted octanol–water partition coefficient (Wildman–Crippen LogP) is 3.18. The number of tetrazole rings is 2. The summed E-state index contributed by atoms with van der Waals surface area (Å²) >= 11 is 2.89. The van der Waals surface area contributed by atoms with E-state index in [1.54, 1.807) is 9.36 Å². The predicted molar refractivity (Wildman–Crippen MR) is 271 cm³/mol. The number of carbonyl (C=O) groups excluding carboxylic acids is 4. The number of carbonyl (C=O) groups is 4. The lowest BCUT2D eigenvalue weighted by Crippen LogP contribution is -2.60. The van der Waals surface area contributed by atoms with Crippen molar-refractivity contribution in [1.82, 2.24) is 60.8 Å². The largest absolute Gasteiger partial charge is 0.368 e. The van der Waals surface area contributed by atoms with Gasteiger partial charge in [-0.15, -0.1) is 10.2 Å². The van der Waals surface area contributed by atoms with E-state index in [2.05, 4.69) is 65.4 Å². The lowest BCUT2D eigenvalue weighted by molar-refractivity contribution is -0.142. The number of amides is 4. The number of ether oxygens (including phenoxy) is 2. The van der Waals surface area contributed by atoms with Gasteiger partial charge < -0.3 is 41.4 Å². The maximum atomic E-state index is 14.5. The molecule has 22 heteroatoms. The maximum absolute atomic E-state index is 14.5. The van der Waals surface area contributed by atoms with E-state index < -0.39 is 46.8 Å². The van der Waals surface area contributed by atoms with Crippen molar-refractivity contribution < 1.29 is 28.7 Å². The molecule has 0 bridgehead atoms. The Hall–Kier alpha value is -5.88. The number of hydrogen-bond acceptors (Lipinski definition) is 16. The van der Waals surface area contributed by atoms with Crippen molar-refractivity contribution in [1.29, 1.82) is 0 Å². The standard InChI is InChI=1S/C50H68N14O6S2/c1-7-39(51)43(65)53-41(45(67)61-27-19-21-35(61)31-63-47(55-57-59-63)71-37-23-13-11-14-24-37)49(3,4)33-69-29-17-9-10-18-30-70-34-50(5,6)42(54-44(66)40(52)8-2)46(68)62-28-20-22-36(62)32-64-48(56-58-60-64)72-38-25-15-12-16-26-38/h11-16,23-26,35-36,39-42H,7-8,19-22,27-34,51-52H2,1-6H3,(H,53,65)(H,54,66)/t35-,36-,39?,40?,41+,42+/m0/s1. The summed E-state index contributed by atoms with van der Waals surface area (Å²) in [7, 11) is 0. The van der Waals surface area contributed by atoms with Crippen LogP contribution in [0.3, 0.4) is 0 Å². The molecule has 72 heavy (non-hydrogen) atoms. The molecule has 2 aromatic carbocycles. The summed E-state index contributed by atoms with van der Waals surface area (Å²) < 4.78 is 15.4. The third kappa shape index (κ3) is 15.3. The van der Waals surface area contributed by atoms with Crippen LogP contribution in [-0.4, -0.2) is 150 Å². The summed E-state index contributed by atoms with van der Waals surface area (Å²) in [6.07, 6.45) is 3.89. The van der Waals surface area contributed by atoms with Gasteiger partial charge in [0.2, 0.25) is 33.9 Å². The number of likely N-dealkylation sites (tertiary alicyclic amines) is 2. The first-order valence-electron chi connectivity index (χ1n) is 24.4. The molecule has 2 saturated heterocycles. The van der Waals surface area contributed by atoms with Crippen molar-refractivity contribution in [2.75, 3.05) is 39.5 Å². The molecule has 20 nitrogen and oxygen atoms in total. The highest BCUT2D eigenvalue weighted by Crippen LogP contribution is 2.32. The third-order valence-corrected chi connectivity index (χ3v) is 14.7. The minimum absolute atomic E-state index is 0.0182. The maximum Gasteiger partial charge on any atom is 0.246 e. The highest BCUT2D eigenvalue weighted by atomic mass is 32.2. The molecule has 6 rings (SSSR count). The third-order valence-electron chi connectivity index (χ3n) is 12.7. The number of nitrogens with two attached hydrogens (primary N) is 2. The zero-order valence-electron chi connectivity index (χ0n) is 42.0. The van der Waals surface area contributed by atoms with Gasteiger partial charge in [-0.25, -0.2) is 9.36 Å². The van der Waals surface area contributed by atoms with Gasteiger partial charge in [0.05, 0.1) is 50.5 Å². The average Bonchev–Trinajstić information content (AvgIpc) is 4.23. The fraction of sp³-hybridized carbons (Fsp3) is 0.560. The molecule has 6 atom stereocenters. The summed E-state index contributed by atoms with van der Waals surface area (Å²) in [5, 5.41) is 31.8. The Bertz CT molecular complexity index is 2370. The monoisotopic (exact) mass is 1020 g/mol. The Kier molecular flexibility index (Phi) is 20.6. The summed E-state index contributed by atoms with van der Waals surface area (Å²) in [5.41, 5.74) is 10.5. The molecule has 2 aromatic heterocycles. The van der Waals surface area contributed by atoms with Gasteiger partial charge in [0.15, 0.2) is 0 Å². The molecule has 4 amide bonds.